The van der Waals surface area contributed by atoms with E-state index in [1.807, 2.05) is 32.0 Å². The van der Waals surface area contributed by atoms with E-state index in [1.165, 1.54) is 5.56 Å². The molecule has 0 saturated carbocycles. The first-order chi connectivity index (χ1) is 17.3. The minimum absolute atomic E-state index is 0.180. The van der Waals surface area contributed by atoms with Crippen LogP contribution in [0.3, 0.4) is 0 Å². The van der Waals surface area contributed by atoms with Gasteiger partial charge in [0.15, 0.2) is 0 Å². The van der Waals surface area contributed by atoms with E-state index in [2.05, 4.69) is 98.6 Å². The lowest BCUT2D eigenvalue weighted by atomic mass is 10.0. The Kier molecular flexibility index (Phi) is 10.6. The van der Waals surface area contributed by atoms with Gasteiger partial charge in [-0.1, -0.05) is 39.0 Å². The predicted molar refractivity (Wildman–Crippen MR) is 160 cm³/mol. The highest BCUT2D eigenvalue weighted by atomic mass is 28.4. The second-order valence-electron chi connectivity index (χ2n) is 13.9. The molecule has 1 aliphatic heterocycles. The zero-order valence-corrected chi connectivity index (χ0v) is 26.9. The number of nitrogens with one attached hydrogen (secondary N) is 1. The van der Waals surface area contributed by atoms with Gasteiger partial charge in [0.1, 0.15) is 11.5 Å². The quantitative estimate of drug-likeness (QED) is 0.301. The second-order valence-corrected chi connectivity index (χ2v) is 18.6. The van der Waals surface area contributed by atoms with E-state index in [9.17, 15) is 5.11 Å². The minimum atomic E-state index is -1.83. The molecule has 2 aromatic carbocycles. The molecule has 2 atom stereocenters. The number of hydrogen-bond donors (Lipinski definition) is 2. The molecule has 0 fully saturated rings. The molecule has 0 amide bonds. The Morgan fingerprint density at radius 2 is 1.63 bits per heavy atom. The molecule has 0 spiro atoms. The number of benzene rings is 2. The summed E-state index contributed by atoms with van der Waals surface area (Å²) in [4.78, 5) is 0. The van der Waals surface area contributed by atoms with Crippen LogP contribution in [0.5, 0.6) is 11.5 Å². The van der Waals surface area contributed by atoms with E-state index in [0.29, 0.717) is 13.2 Å². The third-order valence-electron chi connectivity index (χ3n) is 6.70. The van der Waals surface area contributed by atoms with Crippen molar-refractivity contribution >= 4 is 8.32 Å². The SMILES string of the molecule is CC(Cc1ccc(O[Si](C)(C)C(C)(C)C)cc1)NC[C@H](O)c1ccc2c(c1)COC(C)(C)O2.C[N+](C)(C)C. The highest BCUT2D eigenvalue weighted by Gasteiger charge is 2.38. The van der Waals surface area contributed by atoms with Gasteiger partial charge in [0, 0.05) is 32.0 Å². The van der Waals surface area contributed by atoms with Crippen LogP contribution in [-0.4, -0.2) is 64.5 Å². The van der Waals surface area contributed by atoms with Gasteiger partial charge < -0.3 is 28.8 Å². The fourth-order valence-corrected chi connectivity index (χ4v) is 4.59. The van der Waals surface area contributed by atoms with Crippen LogP contribution < -0.4 is 14.5 Å². The average Bonchev–Trinajstić information content (AvgIpc) is 2.76. The van der Waals surface area contributed by atoms with Crippen molar-refractivity contribution in [3.8, 4) is 11.5 Å². The van der Waals surface area contributed by atoms with Crippen LogP contribution in [0, 0.1) is 0 Å². The van der Waals surface area contributed by atoms with E-state index >= 15 is 0 Å². The molecule has 7 heteroatoms. The van der Waals surface area contributed by atoms with Crippen molar-refractivity contribution in [2.24, 2.45) is 0 Å². The second kappa shape index (κ2) is 12.5. The Morgan fingerprint density at radius 3 is 2.18 bits per heavy atom. The maximum Gasteiger partial charge on any atom is 0.250 e. The Morgan fingerprint density at radius 1 is 1.05 bits per heavy atom. The largest absolute Gasteiger partial charge is 0.544 e. The lowest BCUT2D eigenvalue weighted by Gasteiger charge is -2.36. The Hall–Kier alpha value is -1.90. The summed E-state index contributed by atoms with van der Waals surface area (Å²) in [6, 6.07) is 14.5. The van der Waals surface area contributed by atoms with E-state index < -0.39 is 20.2 Å². The molecule has 0 saturated heterocycles. The highest BCUT2D eigenvalue weighted by Crippen LogP contribution is 2.37. The first kappa shape index (κ1) is 32.3. The predicted octanol–water partition coefficient (Wildman–Crippen LogP) is 6.29. The molecular weight excluding hydrogens is 492 g/mol. The van der Waals surface area contributed by atoms with Crippen molar-refractivity contribution < 1.29 is 23.5 Å². The van der Waals surface area contributed by atoms with Gasteiger partial charge in [-0.3, -0.25) is 0 Å². The van der Waals surface area contributed by atoms with Gasteiger partial charge >= 0.3 is 0 Å². The van der Waals surface area contributed by atoms with Crippen molar-refractivity contribution in [2.75, 3.05) is 34.7 Å². The van der Waals surface area contributed by atoms with Crippen LogP contribution in [0.1, 0.15) is 64.3 Å². The maximum atomic E-state index is 10.7. The summed E-state index contributed by atoms with van der Waals surface area (Å²) in [6.45, 7) is 18.2. The van der Waals surface area contributed by atoms with Gasteiger partial charge in [-0.2, -0.15) is 0 Å². The smallest absolute Gasteiger partial charge is 0.250 e. The zero-order chi connectivity index (χ0) is 28.9. The number of nitrogens with zero attached hydrogens (tertiary/aromatic N) is 1. The van der Waals surface area contributed by atoms with Crippen LogP contribution in [-0.2, 0) is 17.8 Å². The molecule has 0 bridgehead atoms. The number of quaternary nitrogens is 1. The number of ether oxygens (including phenoxy) is 2. The van der Waals surface area contributed by atoms with Crippen LogP contribution in [0.2, 0.25) is 18.1 Å². The van der Waals surface area contributed by atoms with E-state index in [-0.39, 0.29) is 11.1 Å². The average molecular weight is 546 g/mol. The summed E-state index contributed by atoms with van der Waals surface area (Å²) in [6.07, 6.45) is 0.293. The van der Waals surface area contributed by atoms with Crippen molar-refractivity contribution in [2.45, 2.75) is 90.6 Å². The standard InChI is InChI=1S/C27H41NO4Si.C4H12N/c1-19(15-20-9-12-23(13-10-20)32-33(7,8)26(2,3)4)28-17-24(29)21-11-14-25-22(16-21)18-30-27(5,6)31-25;1-5(2,3)4/h9-14,16,19,24,28-29H,15,17-18H2,1-8H3;1-4H3/q;+1/t19?,24-;/m0./s1. The Labute approximate surface area is 233 Å². The summed E-state index contributed by atoms with van der Waals surface area (Å²) < 4.78 is 18.9. The molecule has 2 aromatic rings. The van der Waals surface area contributed by atoms with Gasteiger partial charge in [-0.25, -0.2) is 0 Å². The fraction of sp³-hybridized carbons (Fsp3) is 0.613. The number of rotatable bonds is 8. The van der Waals surface area contributed by atoms with Crippen molar-refractivity contribution in [1.29, 1.82) is 0 Å². The summed E-state index contributed by atoms with van der Waals surface area (Å²) in [7, 11) is 6.67. The molecule has 1 heterocycles. The molecule has 2 N–H and O–H groups in total. The van der Waals surface area contributed by atoms with Gasteiger partial charge in [0.05, 0.1) is 40.9 Å². The highest BCUT2D eigenvalue weighted by molar-refractivity contribution is 6.74. The van der Waals surface area contributed by atoms with Crippen LogP contribution >= 0.6 is 0 Å². The van der Waals surface area contributed by atoms with Gasteiger partial charge in [-0.05, 0) is 66.9 Å². The third-order valence-corrected chi connectivity index (χ3v) is 11.1. The molecular formula is C31H53N2O4Si+. The van der Waals surface area contributed by atoms with E-state index in [0.717, 1.165) is 33.5 Å². The molecule has 6 nitrogen and oxygen atoms in total. The first-order valence-electron chi connectivity index (χ1n) is 13.7. The normalized spacial score (nSPS) is 16.9. The maximum absolute atomic E-state index is 10.7. The van der Waals surface area contributed by atoms with Crippen LogP contribution in [0.15, 0.2) is 42.5 Å². The molecule has 3 rings (SSSR count). The summed E-state index contributed by atoms with van der Waals surface area (Å²) in [5.74, 6) is 1.16. The van der Waals surface area contributed by atoms with Crippen molar-refractivity contribution in [3.05, 3.63) is 59.2 Å². The van der Waals surface area contributed by atoms with Crippen LogP contribution in [0.4, 0.5) is 0 Å². The summed E-state index contributed by atoms with van der Waals surface area (Å²) in [5, 5.41) is 14.3. The molecule has 214 valence electrons. The lowest BCUT2D eigenvalue weighted by Crippen LogP contribution is -2.43. The summed E-state index contributed by atoms with van der Waals surface area (Å²) in [5.41, 5.74) is 3.09. The van der Waals surface area contributed by atoms with E-state index in [4.69, 9.17) is 13.9 Å². The number of fused-ring (bicyclic) bond motifs is 1. The number of aliphatic hydroxyl groups excluding tert-OH is 1. The molecule has 1 aliphatic rings. The third kappa shape index (κ3) is 10.7. The molecule has 0 aliphatic carbocycles. The monoisotopic (exact) mass is 545 g/mol. The Bertz CT molecular complexity index is 1020. The van der Waals surface area contributed by atoms with Gasteiger partial charge in [0.25, 0.3) is 0 Å². The minimum Gasteiger partial charge on any atom is -0.544 e. The fourth-order valence-electron chi connectivity index (χ4n) is 3.56. The molecule has 38 heavy (non-hydrogen) atoms. The first-order valence-corrected chi connectivity index (χ1v) is 16.6. The van der Waals surface area contributed by atoms with Crippen LogP contribution in [0.25, 0.3) is 0 Å². The van der Waals surface area contributed by atoms with E-state index in [1.54, 1.807) is 0 Å². The molecule has 0 radical (unpaired) electrons. The number of aliphatic hydroxyl groups is 1. The topological polar surface area (TPSA) is 60.0 Å². The van der Waals surface area contributed by atoms with Crippen molar-refractivity contribution in [3.63, 3.8) is 0 Å². The Balaban J connectivity index is 0.000000926. The summed E-state index contributed by atoms with van der Waals surface area (Å²) >= 11 is 0. The molecule has 1 unspecified atom stereocenters. The van der Waals surface area contributed by atoms with Crippen molar-refractivity contribution in [1.82, 2.24) is 5.32 Å². The molecule has 0 aromatic heterocycles. The lowest BCUT2D eigenvalue weighted by molar-refractivity contribution is -0.849. The van der Waals surface area contributed by atoms with Gasteiger partial charge in [-0.15, -0.1) is 0 Å². The number of hydrogen-bond acceptors (Lipinski definition) is 5. The zero-order valence-electron chi connectivity index (χ0n) is 25.9. The van der Waals surface area contributed by atoms with Gasteiger partial charge in [0.2, 0.25) is 14.1 Å².